The molecule has 6 heteroatoms. The fraction of sp³-hybridized carbons (Fsp3) is 0.235. The highest BCUT2D eigenvalue weighted by Crippen LogP contribution is 2.34. The molecule has 0 radical (unpaired) electrons. The van der Waals surface area contributed by atoms with Gasteiger partial charge in [-0.3, -0.25) is 0 Å². The smallest absolute Gasteiger partial charge is 0.145 e. The molecule has 0 aliphatic heterocycles. The van der Waals surface area contributed by atoms with Crippen molar-refractivity contribution in [2.24, 2.45) is 5.73 Å². The molecule has 0 bridgehead atoms. The molecule has 1 heterocycles. The maximum Gasteiger partial charge on any atom is 0.145 e. The molecule has 23 heavy (non-hydrogen) atoms. The average Bonchev–Trinajstić information content (AvgIpc) is 2.55. The Morgan fingerprint density at radius 2 is 2.13 bits per heavy atom. The molecule has 0 aliphatic carbocycles. The summed E-state index contributed by atoms with van der Waals surface area (Å²) in [5.41, 5.74) is 6.04. The zero-order valence-electron chi connectivity index (χ0n) is 12.9. The van der Waals surface area contributed by atoms with Crippen LogP contribution in [-0.2, 0) is 5.60 Å². The predicted octanol–water partition coefficient (Wildman–Crippen LogP) is 3.27. The first-order valence-corrected chi connectivity index (χ1v) is 7.30. The topological polar surface area (TPSA) is 68.4 Å². The number of halogens is 2. The lowest BCUT2D eigenvalue weighted by Gasteiger charge is -2.27. The average molecular weight is 337 g/mol. The zero-order valence-corrected chi connectivity index (χ0v) is 13.7. The normalized spacial score (nSPS) is 13.5. The van der Waals surface area contributed by atoms with Gasteiger partial charge in [-0.25, -0.2) is 9.37 Å². The minimum Gasteiger partial charge on any atom is -0.494 e. The van der Waals surface area contributed by atoms with Crippen LogP contribution in [0.15, 0.2) is 42.5 Å². The van der Waals surface area contributed by atoms with Gasteiger partial charge in [0.2, 0.25) is 0 Å². The SMILES string of the molecule is C=C(C)C(O)(CN)c1ccc(OC)c(-c2ccc(F)c(Cl)c2)n1. The lowest BCUT2D eigenvalue weighted by Crippen LogP contribution is -2.36. The standard InChI is InChI=1S/C17H18ClFN2O2/c1-10(2)17(22,9-20)15-7-6-14(23-3)16(21-15)11-4-5-13(19)12(18)8-11/h4-8,22H,1,9,20H2,2-3H3. The summed E-state index contributed by atoms with van der Waals surface area (Å²) in [7, 11) is 1.50. The Labute approximate surface area is 139 Å². The molecule has 1 aromatic heterocycles. The number of aromatic nitrogens is 1. The second-order valence-electron chi connectivity index (χ2n) is 5.22. The predicted molar refractivity (Wildman–Crippen MR) is 89.0 cm³/mol. The maximum atomic E-state index is 13.4. The van der Waals surface area contributed by atoms with Gasteiger partial charge in [-0.1, -0.05) is 18.2 Å². The van der Waals surface area contributed by atoms with Crippen LogP contribution in [0.2, 0.25) is 5.02 Å². The number of hydrogen-bond donors (Lipinski definition) is 2. The van der Waals surface area contributed by atoms with Gasteiger partial charge in [0.1, 0.15) is 22.9 Å². The van der Waals surface area contributed by atoms with E-state index in [0.29, 0.717) is 28.3 Å². The Balaban J connectivity index is 2.64. The van der Waals surface area contributed by atoms with E-state index in [0.717, 1.165) is 0 Å². The summed E-state index contributed by atoms with van der Waals surface area (Å²) in [6, 6.07) is 7.53. The molecule has 2 aromatic rings. The molecule has 0 amide bonds. The highest BCUT2D eigenvalue weighted by atomic mass is 35.5. The van der Waals surface area contributed by atoms with Crippen LogP contribution in [0, 0.1) is 5.82 Å². The van der Waals surface area contributed by atoms with Gasteiger partial charge in [0, 0.05) is 12.1 Å². The lowest BCUT2D eigenvalue weighted by atomic mass is 9.91. The van der Waals surface area contributed by atoms with Gasteiger partial charge >= 0.3 is 0 Å². The van der Waals surface area contributed by atoms with Crippen LogP contribution in [0.3, 0.4) is 0 Å². The molecule has 0 spiro atoms. The second kappa shape index (κ2) is 6.66. The fourth-order valence-electron chi connectivity index (χ4n) is 2.19. The van der Waals surface area contributed by atoms with Crippen LogP contribution < -0.4 is 10.5 Å². The highest BCUT2D eigenvalue weighted by Gasteiger charge is 2.31. The van der Waals surface area contributed by atoms with E-state index < -0.39 is 11.4 Å². The number of methoxy groups -OCH3 is 1. The number of hydrogen-bond acceptors (Lipinski definition) is 4. The minimum absolute atomic E-state index is 0.0225. The molecule has 0 saturated carbocycles. The Morgan fingerprint density at radius 3 is 2.65 bits per heavy atom. The molecule has 1 aromatic carbocycles. The van der Waals surface area contributed by atoms with Gasteiger partial charge in [-0.2, -0.15) is 0 Å². The van der Waals surface area contributed by atoms with Crippen LogP contribution in [-0.4, -0.2) is 23.7 Å². The minimum atomic E-state index is -1.45. The molecular formula is C17H18ClFN2O2. The van der Waals surface area contributed by atoms with Crippen molar-refractivity contribution in [3.8, 4) is 17.0 Å². The first-order chi connectivity index (χ1) is 10.8. The molecule has 3 N–H and O–H groups in total. The Bertz CT molecular complexity index is 751. The summed E-state index contributed by atoms with van der Waals surface area (Å²) >= 11 is 5.84. The highest BCUT2D eigenvalue weighted by molar-refractivity contribution is 6.31. The molecule has 0 fully saturated rings. The summed E-state index contributed by atoms with van der Waals surface area (Å²) < 4.78 is 18.7. The van der Waals surface area contributed by atoms with Crippen molar-refractivity contribution in [1.82, 2.24) is 4.98 Å². The molecule has 0 saturated heterocycles. The number of rotatable bonds is 5. The third kappa shape index (κ3) is 3.22. The molecular weight excluding hydrogens is 319 g/mol. The number of ether oxygens (including phenoxy) is 1. The molecule has 2 rings (SSSR count). The van der Waals surface area contributed by atoms with Gasteiger partial charge < -0.3 is 15.6 Å². The third-order valence-corrected chi connectivity index (χ3v) is 3.99. The summed E-state index contributed by atoms with van der Waals surface area (Å²) in [5.74, 6) is -0.0524. The van der Waals surface area contributed by atoms with Gasteiger partial charge in [0.05, 0.1) is 17.8 Å². The summed E-state index contributed by atoms with van der Waals surface area (Å²) in [6.45, 7) is 5.38. The fourth-order valence-corrected chi connectivity index (χ4v) is 2.37. The van der Waals surface area contributed by atoms with Crippen LogP contribution in [0.5, 0.6) is 5.75 Å². The van der Waals surface area contributed by atoms with E-state index in [-0.39, 0.29) is 11.6 Å². The second-order valence-corrected chi connectivity index (χ2v) is 5.63. The van der Waals surface area contributed by atoms with Gasteiger partial charge in [-0.05, 0) is 42.8 Å². The number of pyridine rings is 1. The summed E-state index contributed by atoms with van der Waals surface area (Å²) in [5, 5.41) is 10.7. The van der Waals surface area contributed by atoms with Crippen LogP contribution in [0.25, 0.3) is 11.3 Å². The summed E-state index contributed by atoms with van der Waals surface area (Å²) in [4.78, 5) is 4.45. The van der Waals surface area contributed by atoms with E-state index in [2.05, 4.69) is 11.6 Å². The first kappa shape index (κ1) is 17.4. The molecule has 1 atom stereocenters. The lowest BCUT2D eigenvalue weighted by molar-refractivity contribution is 0.0815. The summed E-state index contributed by atoms with van der Waals surface area (Å²) in [6.07, 6.45) is 0. The van der Waals surface area contributed by atoms with Gasteiger partial charge in [-0.15, -0.1) is 0 Å². The van der Waals surface area contributed by atoms with Crippen molar-refractivity contribution in [3.05, 3.63) is 59.0 Å². The van der Waals surface area contributed by atoms with Crippen molar-refractivity contribution in [2.45, 2.75) is 12.5 Å². The van der Waals surface area contributed by atoms with Gasteiger partial charge in [0.25, 0.3) is 0 Å². The van der Waals surface area contributed by atoms with Crippen molar-refractivity contribution < 1.29 is 14.2 Å². The van der Waals surface area contributed by atoms with Crippen molar-refractivity contribution in [1.29, 1.82) is 0 Å². The van der Waals surface area contributed by atoms with Crippen molar-refractivity contribution in [3.63, 3.8) is 0 Å². The van der Waals surface area contributed by atoms with Crippen molar-refractivity contribution >= 4 is 11.6 Å². The van der Waals surface area contributed by atoms with Crippen LogP contribution in [0.1, 0.15) is 12.6 Å². The Kier molecular flexibility index (Phi) is 5.04. The van der Waals surface area contributed by atoms with Gasteiger partial charge in [0.15, 0.2) is 0 Å². The molecule has 1 unspecified atom stereocenters. The number of aliphatic hydroxyl groups is 1. The number of benzene rings is 1. The van der Waals surface area contributed by atoms with E-state index in [9.17, 15) is 9.50 Å². The Hall–Kier alpha value is -1.95. The number of nitrogens with zero attached hydrogens (tertiary/aromatic N) is 1. The number of nitrogens with two attached hydrogens (primary N) is 1. The largest absolute Gasteiger partial charge is 0.494 e. The molecule has 0 aliphatic rings. The Morgan fingerprint density at radius 1 is 1.43 bits per heavy atom. The zero-order chi connectivity index (χ0) is 17.2. The maximum absolute atomic E-state index is 13.4. The van der Waals surface area contributed by atoms with Crippen molar-refractivity contribution in [2.75, 3.05) is 13.7 Å². The van der Waals surface area contributed by atoms with E-state index in [4.69, 9.17) is 22.1 Å². The van der Waals surface area contributed by atoms with E-state index >= 15 is 0 Å². The molecule has 122 valence electrons. The van der Waals surface area contributed by atoms with E-state index in [1.807, 2.05) is 0 Å². The first-order valence-electron chi connectivity index (χ1n) is 6.93. The third-order valence-electron chi connectivity index (χ3n) is 3.70. The van der Waals surface area contributed by atoms with E-state index in [1.165, 1.54) is 25.3 Å². The van der Waals surface area contributed by atoms with Crippen LogP contribution >= 0.6 is 11.6 Å². The molecule has 4 nitrogen and oxygen atoms in total. The quantitative estimate of drug-likeness (QED) is 0.822. The van der Waals surface area contributed by atoms with Crippen LogP contribution in [0.4, 0.5) is 4.39 Å². The van der Waals surface area contributed by atoms with E-state index in [1.54, 1.807) is 19.1 Å². The monoisotopic (exact) mass is 336 g/mol.